The molecule has 1 atom stereocenters. The Morgan fingerprint density at radius 2 is 1.57 bits per heavy atom. The summed E-state index contributed by atoms with van der Waals surface area (Å²) in [6.07, 6.45) is 4.10. The second-order valence-corrected chi connectivity index (χ2v) is 6.35. The lowest BCUT2D eigenvalue weighted by Crippen LogP contribution is -2.37. The highest BCUT2D eigenvalue weighted by molar-refractivity contribution is 4.89. The minimum atomic E-state index is 0.419. The molecule has 0 aromatic rings. The summed E-state index contributed by atoms with van der Waals surface area (Å²) in [6, 6.07) is 0. The summed E-state index contributed by atoms with van der Waals surface area (Å²) in [7, 11) is 0. The van der Waals surface area contributed by atoms with Crippen molar-refractivity contribution in [1.82, 2.24) is 5.32 Å². The lowest BCUT2D eigenvalue weighted by Gasteiger charge is -2.45. The van der Waals surface area contributed by atoms with E-state index in [1.54, 1.807) is 0 Å². The van der Waals surface area contributed by atoms with Crippen LogP contribution >= 0.6 is 0 Å². The second kappa shape index (κ2) is 4.22. The molecule has 1 unspecified atom stereocenters. The van der Waals surface area contributed by atoms with Crippen LogP contribution in [0.3, 0.4) is 0 Å². The van der Waals surface area contributed by atoms with Crippen LogP contribution in [-0.4, -0.2) is 13.1 Å². The number of nitrogens with one attached hydrogen (secondary N) is 1. The molecule has 14 heavy (non-hydrogen) atoms. The van der Waals surface area contributed by atoms with Crippen LogP contribution in [0.2, 0.25) is 0 Å². The maximum Gasteiger partial charge on any atom is -0.00461 e. The van der Waals surface area contributed by atoms with Crippen molar-refractivity contribution in [2.24, 2.45) is 16.7 Å². The first kappa shape index (κ1) is 12.0. The molecule has 0 bridgehead atoms. The average molecular weight is 197 g/mol. The van der Waals surface area contributed by atoms with Gasteiger partial charge in [-0.15, -0.1) is 0 Å². The number of hydrogen-bond donors (Lipinski definition) is 1. The van der Waals surface area contributed by atoms with Crippen LogP contribution in [0.1, 0.15) is 53.9 Å². The third-order valence-electron chi connectivity index (χ3n) is 4.53. The van der Waals surface area contributed by atoms with Gasteiger partial charge in [0.25, 0.3) is 0 Å². The predicted molar refractivity (Wildman–Crippen MR) is 63.4 cm³/mol. The van der Waals surface area contributed by atoms with Crippen molar-refractivity contribution in [3.8, 4) is 0 Å². The fourth-order valence-electron chi connectivity index (χ4n) is 2.35. The van der Waals surface area contributed by atoms with Gasteiger partial charge in [0.15, 0.2) is 0 Å². The maximum absolute atomic E-state index is 3.50. The van der Waals surface area contributed by atoms with Crippen LogP contribution in [0.5, 0.6) is 0 Å². The standard InChI is InChI=1S/C13H27N/c1-12(2,3)13(4,5)11-7-6-9-14-10-8-11/h11,14H,6-10H2,1-5H3. The zero-order valence-electron chi connectivity index (χ0n) is 10.6. The molecule has 0 saturated carbocycles. The Kier molecular flexibility index (Phi) is 3.63. The molecule has 84 valence electrons. The van der Waals surface area contributed by atoms with Gasteiger partial charge in [0.1, 0.15) is 0 Å². The molecule has 1 saturated heterocycles. The van der Waals surface area contributed by atoms with Crippen LogP contribution in [0.25, 0.3) is 0 Å². The van der Waals surface area contributed by atoms with Gasteiger partial charge in [-0.05, 0) is 49.1 Å². The van der Waals surface area contributed by atoms with E-state index in [1.807, 2.05) is 0 Å². The molecule has 1 N–H and O–H groups in total. The van der Waals surface area contributed by atoms with E-state index in [9.17, 15) is 0 Å². The molecule has 1 aliphatic heterocycles. The Hall–Kier alpha value is -0.0400. The first-order valence-corrected chi connectivity index (χ1v) is 6.06. The van der Waals surface area contributed by atoms with Gasteiger partial charge in [0.05, 0.1) is 0 Å². The summed E-state index contributed by atoms with van der Waals surface area (Å²) < 4.78 is 0. The maximum atomic E-state index is 3.50. The summed E-state index contributed by atoms with van der Waals surface area (Å²) >= 11 is 0. The Morgan fingerprint density at radius 3 is 2.14 bits per heavy atom. The minimum Gasteiger partial charge on any atom is -0.317 e. The van der Waals surface area contributed by atoms with E-state index in [4.69, 9.17) is 0 Å². The first-order chi connectivity index (χ1) is 6.36. The van der Waals surface area contributed by atoms with Crippen molar-refractivity contribution in [1.29, 1.82) is 0 Å². The van der Waals surface area contributed by atoms with Gasteiger partial charge in [-0.3, -0.25) is 0 Å². The summed E-state index contributed by atoms with van der Waals surface area (Å²) in [4.78, 5) is 0. The first-order valence-electron chi connectivity index (χ1n) is 6.06. The molecule has 0 amide bonds. The van der Waals surface area contributed by atoms with E-state index >= 15 is 0 Å². The van der Waals surface area contributed by atoms with E-state index in [0.717, 1.165) is 5.92 Å². The topological polar surface area (TPSA) is 12.0 Å². The van der Waals surface area contributed by atoms with Crippen LogP contribution in [0.15, 0.2) is 0 Å². The Bertz CT molecular complexity index is 168. The highest BCUT2D eigenvalue weighted by Gasteiger charge is 2.39. The zero-order valence-corrected chi connectivity index (χ0v) is 10.6. The van der Waals surface area contributed by atoms with Crippen molar-refractivity contribution >= 4 is 0 Å². The fraction of sp³-hybridized carbons (Fsp3) is 1.00. The predicted octanol–water partition coefficient (Wildman–Crippen LogP) is 3.45. The lowest BCUT2D eigenvalue weighted by atomic mass is 9.60. The smallest absolute Gasteiger partial charge is 0.00461 e. The third kappa shape index (κ3) is 2.50. The molecule has 0 radical (unpaired) electrons. The van der Waals surface area contributed by atoms with Gasteiger partial charge in [-0.2, -0.15) is 0 Å². The highest BCUT2D eigenvalue weighted by atomic mass is 14.9. The van der Waals surface area contributed by atoms with Crippen LogP contribution in [0.4, 0.5) is 0 Å². The van der Waals surface area contributed by atoms with Crippen molar-refractivity contribution in [3.05, 3.63) is 0 Å². The molecule has 1 fully saturated rings. The van der Waals surface area contributed by atoms with Gasteiger partial charge in [0.2, 0.25) is 0 Å². The van der Waals surface area contributed by atoms with Crippen molar-refractivity contribution in [3.63, 3.8) is 0 Å². The third-order valence-corrected chi connectivity index (χ3v) is 4.53. The van der Waals surface area contributed by atoms with E-state index in [2.05, 4.69) is 39.9 Å². The number of hydrogen-bond acceptors (Lipinski definition) is 1. The van der Waals surface area contributed by atoms with E-state index in [1.165, 1.54) is 32.4 Å². The molecule has 0 aromatic carbocycles. The van der Waals surface area contributed by atoms with Gasteiger partial charge in [-0.1, -0.05) is 34.6 Å². The molecule has 0 aromatic heterocycles. The monoisotopic (exact) mass is 197 g/mol. The fourth-order valence-corrected chi connectivity index (χ4v) is 2.35. The van der Waals surface area contributed by atoms with E-state index < -0.39 is 0 Å². The summed E-state index contributed by atoms with van der Waals surface area (Å²) in [6.45, 7) is 14.5. The quantitative estimate of drug-likeness (QED) is 0.679. The second-order valence-electron chi connectivity index (χ2n) is 6.35. The largest absolute Gasteiger partial charge is 0.317 e. The Morgan fingerprint density at radius 1 is 0.929 bits per heavy atom. The zero-order chi connectivity index (χ0) is 10.8. The van der Waals surface area contributed by atoms with E-state index in [-0.39, 0.29) is 0 Å². The molecule has 0 spiro atoms. The molecule has 1 nitrogen and oxygen atoms in total. The van der Waals surface area contributed by atoms with Gasteiger partial charge < -0.3 is 5.32 Å². The summed E-state index contributed by atoms with van der Waals surface area (Å²) in [5.41, 5.74) is 0.876. The summed E-state index contributed by atoms with van der Waals surface area (Å²) in [5.74, 6) is 0.887. The Balaban J connectivity index is 2.69. The number of rotatable bonds is 1. The molecule has 1 heterocycles. The molecule has 1 heteroatoms. The van der Waals surface area contributed by atoms with Crippen molar-refractivity contribution in [2.75, 3.05) is 13.1 Å². The molecule has 1 rings (SSSR count). The lowest BCUT2D eigenvalue weighted by molar-refractivity contribution is 0.0472. The van der Waals surface area contributed by atoms with Crippen LogP contribution in [0, 0.1) is 16.7 Å². The molecule has 1 aliphatic rings. The highest BCUT2D eigenvalue weighted by Crippen LogP contribution is 2.47. The van der Waals surface area contributed by atoms with Crippen LogP contribution < -0.4 is 5.32 Å². The average Bonchev–Trinajstić information content (AvgIpc) is 2.29. The minimum absolute atomic E-state index is 0.419. The van der Waals surface area contributed by atoms with Crippen LogP contribution in [-0.2, 0) is 0 Å². The van der Waals surface area contributed by atoms with Crippen molar-refractivity contribution in [2.45, 2.75) is 53.9 Å². The molecular weight excluding hydrogens is 170 g/mol. The summed E-state index contributed by atoms with van der Waals surface area (Å²) in [5, 5.41) is 3.50. The van der Waals surface area contributed by atoms with E-state index in [0.29, 0.717) is 10.8 Å². The van der Waals surface area contributed by atoms with Gasteiger partial charge in [0, 0.05) is 0 Å². The normalized spacial score (nSPS) is 25.9. The Labute approximate surface area is 89.7 Å². The molecule has 0 aliphatic carbocycles. The SMILES string of the molecule is CC(C)(C)C(C)(C)C1CCCNCC1. The van der Waals surface area contributed by atoms with Gasteiger partial charge in [-0.25, -0.2) is 0 Å². The van der Waals surface area contributed by atoms with Gasteiger partial charge >= 0.3 is 0 Å². The van der Waals surface area contributed by atoms with Crippen molar-refractivity contribution < 1.29 is 0 Å². The molecular formula is C13H27N.